The Bertz CT molecular complexity index is 725. The maximum Gasteiger partial charge on any atom is 0.311 e. The third-order valence-electron chi connectivity index (χ3n) is 3.59. The summed E-state index contributed by atoms with van der Waals surface area (Å²) in [5, 5.41) is 2.73. The number of hydrogen-bond acceptors (Lipinski definition) is 4. The van der Waals surface area contributed by atoms with E-state index < -0.39 is 18.0 Å². The molecule has 2 rings (SSSR count). The van der Waals surface area contributed by atoms with E-state index in [2.05, 4.69) is 5.32 Å². The molecular weight excluding hydrogens is 318 g/mol. The van der Waals surface area contributed by atoms with E-state index in [1.165, 1.54) is 0 Å². The highest BCUT2D eigenvalue weighted by atomic mass is 16.5. The van der Waals surface area contributed by atoms with Gasteiger partial charge in [0.2, 0.25) is 0 Å². The Morgan fingerprint density at radius 2 is 1.76 bits per heavy atom. The molecule has 1 amide bonds. The minimum absolute atomic E-state index is 0.132. The van der Waals surface area contributed by atoms with Gasteiger partial charge in [-0.1, -0.05) is 42.0 Å². The van der Waals surface area contributed by atoms with Crippen molar-refractivity contribution in [1.29, 1.82) is 0 Å². The quantitative estimate of drug-likeness (QED) is 0.783. The van der Waals surface area contributed by atoms with Crippen LogP contribution in [0.5, 0.6) is 5.75 Å². The first kappa shape index (κ1) is 18.5. The molecule has 0 saturated carbocycles. The van der Waals surface area contributed by atoms with Crippen molar-refractivity contribution in [3.63, 3.8) is 0 Å². The van der Waals surface area contributed by atoms with Gasteiger partial charge in [-0.3, -0.25) is 9.59 Å². The van der Waals surface area contributed by atoms with Gasteiger partial charge in [-0.05, 0) is 38.5 Å². The second-order valence-electron chi connectivity index (χ2n) is 5.71. The summed E-state index contributed by atoms with van der Waals surface area (Å²) in [7, 11) is 0. The number of hydrogen-bond donors (Lipinski definition) is 1. The molecule has 0 aliphatic carbocycles. The number of carbonyl (C=O) groups excluding carboxylic acids is 2. The molecule has 0 spiro atoms. The fourth-order valence-electron chi connectivity index (χ4n) is 2.25. The van der Waals surface area contributed by atoms with Crippen molar-refractivity contribution in [3.05, 3.63) is 59.7 Å². The normalized spacial score (nSPS) is 11.5. The Morgan fingerprint density at radius 3 is 2.44 bits per heavy atom. The summed E-state index contributed by atoms with van der Waals surface area (Å²) in [5.41, 5.74) is 2.53. The zero-order valence-corrected chi connectivity index (χ0v) is 14.7. The van der Waals surface area contributed by atoms with Crippen molar-refractivity contribution in [1.82, 2.24) is 0 Å². The number of amides is 1. The first-order chi connectivity index (χ1) is 12.0. The number of carbonyl (C=O) groups is 2. The van der Waals surface area contributed by atoms with Crippen LogP contribution >= 0.6 is 0 Å². The fourth-order valence-corrected chi connectivity index (χ4v) is 2.25. The molecule has 0 aromatic heterocycles. The molecule has 0 unspecified atom stereocenters. The average molecular weight is 341 g/mol. The van der Waals surface area contributed by atoms with Crippen LogP contribution in [0.15, 0.2) is 48.5 Å². The minimum atomic E-state index is -0.896. The van der Waals surface area contributed by atoms with E-state index in [1.54, 1.807) is 25.1 Å². The summed E-state index contributed by atoms with van der Waals surface area (Å²) in [6.07, 6.45) is -0.763. The van der Waals surface area contributed by atoms with Gasteiger partial charge in [0.05, 0.1) is 18.7 Å². The van der Waals surface area contributed by atoms with Crippen LogP contribution in [-0.4, -0.2) is 24.6 Å². The Labute approximate surface area is 148 Å². The fraction of sp³-hybridized carbons (Fsp3) is 0.300. The number of nitrogens with one attached hydrogen (secondary N) is 1. The van der Waals surface area contributed by atoms with Crippen LogP contribution in [0.4, 0.5) is 5.69 Å². The van der Waals surface area contributed by atoms with E-state index in [1.807, 2.05) is 44.2 Å². The van der Waals surface area contributed by atoms with Gasteiger partial charge in [-0.25, -0.2) is 0 Å². The molecule has 0 radical (unpaired) electrons. The van der Waals surface area contributed by atoms with Crippen LogP contribution in [0.25, 0.3) is 0 Å². The van der Waals surface area contributed by atoms with Crippen molar-refractivity contribution in [2.24, 2.45) is 0 Å². The number of rotatable bonds is 7. The molecule has 1 N–H and O–H groups in total. The Balaban J connectivity index is 1.91. The summed E-state index contributed by atoms with van der Waals surface area (Å²) in [5.74, 6) is -0.259. The lowest BCUT2D eigenvalue weighted by atomic mass is 10.1. The highest BCUT2D eigenvalue weighted by molar-refractivity contribution is 5.96. The van der Waals surface area contributed by atoms with E-state index in [-0.39, 0.29) is 6.42 Å². The summed E-state index contributed by atoms with van der Waals surface area (Å²) in [4.78, 5) is 24.3. The predicted molar refractivity (Wildman–Crippen MR) is 96.7 cm³/mol. The van der Waals surface area contributed by atoms with Crippen LogP contribution in [0, 0.1) is 6.92 Å². The first-order valence-electron chi connectivity index (χ1n) is 8.27. The second kappa shape index (κ2) is 8.87. The number of aryl methyl sites for hydroxylation is 1. The van der Waals surface area contributed by atoms with Crippen molar-refractivity contribution in [2.75, 3.05) is 11.9 Å². The largest absolute Gasteiger partial charge is 0.492 e. The molecule has 2 aromatic rings. The monoisotopic (exact) mass is 341 g/mol. The summed E-state index contributed by atoms with van der Waals surface area (Å²) in [6, 6.07) is 14.8. The maximum absolute atomic E-state index is 12.3. The predicted octanol–water partition coefficient (Wildman–Crippen LogP) is 3.51. The van der Waals surface area contributed by atoms with Crippen molar-refractivity contribution < 1.29 is 19.1 Å². The van der Waals surface area contributed by atoms with E-state index in [9.17, 15) is 9.59 Å². The zero-order valence-electron chi connectivity index (χ0n) is 14.7. The highest BCUT2D eigenvalue weighted by Gasteiger charge is 2.19. The van der Waals surface area contributed by atoms with Crippen LogP contribution in [0.1, 0.15) is 25.0 Å². The SMILES string of the molecule is CCOc1ccccc1NC(=O)[C@@H](C)OC(=O)Cc1ccc(C)cc1. The third kappa shape index (κ3) is 5.64. The molecule has 2 aromatic carbocycles. The van der Waals surface area contributed by atoms with Gasteiger partial charge in [-0.2, -0.15) is 0 Å². The zero-order chi connectivity index (χ0) is 18.2. The summed E-state index contributed by atoms with van der Waals surface area (Å²) < 4.78 is 10.7. The molecule has 0 aliphatic rings. The standard InChI is InChI=1S/C20H23NO4/c1-4-24-18-8-6-5-7-17(18)21-20(23)15(3)25-19(22)13-16-11-9-14(2)10-12-16/h5-12,15H,4,13H2,1-3H3,(H,21,23)/t15-/m1/s1. The molecule has 0 heterocycles. The lowest BCUT2D eigenvalue weighted by Crippen LogP contribution is -2.30. The minimum Gasteiger partial charge on any atom is -0.492 e. The smallest absolute Gasteiger partial charge is 0.311 e. The highest BCUT2D eigenvalue weighted by Crippen LogP contribution is 2.23. The molecule has 5 nitrogen and oxygen atoms in total. The van der Waals surface area contributed by atoms with Gasteiger partial charge >= 0.3 is 5.97 Å². The Kier molecular flexibility index (Phi) is 6.57. The molecule has 25 heavy (non-hydrogen) atoms. The molecule has 0 bridgehead atoms. The molecule has 0 aliphatic heterocycles. The van der Waals surface area contributed by atoms with Crippen molar-refractivity contribution in [3.8, 4) is 5.75 Å². The number of anilines is 1. The molecule has 0 fully saturated rings. The number of benzene rings is 2. The molecular formula is C20H23NO4. The van der Waals surface area contributed by atoms with Crippen molar-refractivity contribution >= 4 is 17.6 Å². The third-order valence-corrected chi connectivity index (χ3v) is 3.59. The molecule has 0 saturated heterocycles. The summed E-state index contributed by atoms with van der Waals surface area (Å²) >= 11 is 0. The Morgan fingerprint density at radius 1 is 1.08 bits per heavy atom. The van der Waals surface area contributed by atoms with Gasteiger partial charge in [0, 0.05) is 0 Å². The van der Waals surface area contributed by atoms with Crippen LogP contribution in [0.2, 0.25) is 0 Å². The van der Waals surface area contributed by atoms with Crippen LogP contribution in [-0.2, 0) is 20.7 Å². The van der Waals surface area contributed by atoms with Crippen LogP contribution in [0.3, 0.4) is 0 Å². The molecule has 132 valence electrons. The second-order valence-corrected chi connectivity index (χ2v) is 5.71. The van der Waals surface area contributed by atoms with Crippen molar-refractivity contribution in [2.45, 2.75) is 33.3 Å². The number of esters is 1. The number of para-hydroxylation sites is 2. The van der Waals surface area contributed by atoms with Gasteiger partial charge in [0.15, 0.2) is 6.10 Å². The summed E-state index contributed by atoms with van der Waals surface area (Å²) in [6.45, 7) is 5.89. The van der Waals surface area contributed by atoms with Gasteiger partial charge in [-0.15, -0.1) is 0 Å². The lowest BCUT2D eigenvalue weighted by molar-refractivity contribution is -0.152. The first-order valence-corrected chi connectivity index (χ1v) is 8.27. The van der Waals surface area contributed by atoms with E-state index in [4.69, 9.17) is 9.47 Å². The average Bonchev–Trinajstić information content (AvgIpc) is 2.58. The lowest BCUT2D eigenvalue weighted by Gasteiger charge is -2.15. The van der Waals surface area contributed by atoms with Gasteiger partial charge in [0.1, 0.15) is 5.75 Å². The Hall–Kier alpha value is -2.82. The van der Waals surface area contributed by atoms with Crippen LogP contribution < -0.4 is 10.1 Å². The van der Waals surface area contributed by atoms with Gasteiger partial charge < -0.3 is 14.8 Å². The van der Waals surface area contributed by atoms with Gasteiger partial charge in [0.25, 0.3) is 5.91 Å². The maximum atomic E-state index is 12.3. The van der Waals surface area contributed by atoms with E-state index in [0.717, 1.165) is 11.1 Å². The number of ether oxygens (including phenoxy) is 2. The van der Waals surface area contributed by atoms with E-state index in [0.29, 0.717) is 18.0 Å². The molecule has 1 atom stereocenters. The van der Waals surface area contributed by atoms with E-state index >= 15 is 0 Å². The molecule has 5 heteroatoms. The topological polar surface area (TPSA) is 64.6 Å².